The SMILES string of the molecule is COc1cccc(C2=NN(C(=O)CCCc3ccc([N+](=O)[O-])cc3)C(C)(C)C2)c1. The molecule has 7 nitrogen and oxygen atoms in total. The first-order chi connectivity index (χ1) is 13.8. The van der Waals surface area contributed by atoms with Gasteiger partial charge >= 0.3 is 0 Å². The van der Waals surface area contributed by atoms with Crippen molar-refractivity contribution >= 4 is 17.3 Å². The number of hydrogen-bond acceptors (Lipinski definition) is 5. The molecule has 1 amide bonds. The molecular weight excluding hydrogens is 370 g/mol. The van der Waals surface area contributed by atoms with Gasteiger partial charge in [0.05, 0.1) is 23.3 Å². The quantitative estimate of drug-likeness (QED) is 0.515. The summed E-state index contributed by atoms with van der Waals surface area (Å²) in [5, 5.41) is 16.9. The van der Waals surface area contributed by atoms with Crippen LogP contribution in [0.5, 0.6) is 5.75 Å². The molecule has 152 valence electrons. The number of hydrogen-bond donors (Lipinski definition) is 0. The maximum absolute atomic E-state index is 12.8. The van der Waals surface area contributed by atoms with Crippen molar-refractivity contribution in [2.45, 2.75) is 45.1 Å². The second-order valence-corrected chi connectivity index (χ2v) is 7.75. The molecule has 1 heterocycles. The smallest absolute Gasteiger partial charge is 0.269 e. The lowest BCUT2D eigenvalue weighted by Crippen LogP contribution is -2.40. The number of hydrazone groups is 1. The van der Waals surface area contributed by atoms with Crippen molar-refractivity contribution in [3.8, 4) is 5.75 Å². The average Bonchev–Trinajstić information content (AvgIpc) is 3.03. The van der Waals surface area contributed by atoms with Gasteiger partial charge in [-0.2, -0.15) is 5.10 Å². The predicted octanol–water partition coefficient (Wildman–Crippen LogP) is 4.34. The Labute approximate surface area is 170 Å². The van der Waals surface area contributed by atoms with Gasteiger partial charge in [-0.15, -0.1) is 0 Å². The molecule has 1 aliphatic rings. The third kappa shape index (κ3) is 4.80. The maximum Gasteiger partial charge on any atom is 0.269 e. The highest BCUT2D eigenvalue weighted by Crippen LogP contribution is 2.31. The Balaban J connectivity index is 1.63. The number of carbonyl (C=O) groups excluding carboxylic acids is 1. The summed E-state index contributed by atoms with van der Waals surface area (Å²) in [7, 11) is 1.63. The van der Waals surface area contributed by atoms with Crippen molar-refractivity contribution in [1.29, 1.82) is 0 Å². The Bertz CT molecular complexity index is 935. The predicted molar refractivity (Wildman–Crippen MR) is 111 cm³/mol. The molecule has 0 atom stereocenters. The molecule has 0 aromatic heterocycles. The summed E-state index contributed by atoms with van der Waals surface area (Å²) in [5.41, 5.74) is 2.49. The highest BCUT2D eigenvalue weighted by Gasteiger charge is 2.38. The van der Waals surface area contributed by atoms with Crippen LogP contribution in [0.1, 0.15) is 44.2 Å². The fourth-order valence-corrected chi connectivity index (χ4v) is 3.47. The van der Waals surface area contributed by atoms with E-state index in [2.05, 4.69) is 5.10 Å². The van der Waals surface area contributed by atoms with Gasteiger partial charge in [0.2, 0.25) is 5.91 Å². The number of nitro groups is 1. The average molecular weight is 395 g/mol. The molecule has 2 aromatic rings. The first kappa shape index (κ1) is 20.5. The van der Waals surface area contributed by atoms with Crippen molar-refractivity contribution in [3.63, 3.8) is 0 Å². The van der Waals surface area contributed by atoms with E-state index in [1.807, 2.05) is 38.1 Å². The van der Waals surface area contributed by atoms with Crippen molar-refractivity contribution in [2.75, 3.05) is 7.11 Å². The fourth-order valence-electron chi connectivity index (χ4n) is 3.47. The Morgan fingerprint density at radius 2 is 1.97 bits per heavy atom. The standard InChI is InChI=1S/C22H25N3O4/c1-22(2)15-20(17-7-5-8-19(14-17)29-3)23-24(22)21(26)9-4-6-16-10-12-18(13-11-16)25(27)28/h5,7-8,10-14H,4,6,9,15H2,1-3H3. The zero-order valence-corrected chi connectivity index (χ0v) is 16.9. The van der Waals surface area contributed by atoms with Crippen LogP contribution in [0.4, 0.5) is 5.69 Å². The molecule has 0 bridgehead atoms. The first-order valence-corrected chi connectivity index (χ1v) is 9.58. The van der Waals surface area contributed by atoms with Gasteiger partial charge in [-0.1, -0.05) is 24.3 Å². The van der Waals surface area contributed by atoms with E-state index in [4.69, 9.17) is 4.74 Å². The van der Waals surface area contributed by atoms with E-state index < -0.39 is 4.92 Å². The molecule has 0 radical (unpaired) electrons. The van der Waals surface area contributed by atoms with Crippen molar-refractivity contribution < 1.29 is 14.5 Å². The topological polar surface area (TPSA) is 85.0 Å². The van der Waals surface area contributed by atoms with E-state index in [9.17, 15) is 14.9 Å². The van der Waals surface area contributed by atoms with E-state index in [0.717, 1.165) is 22.6 Å². The van der Waals surface area contributed by atoms with E-state index in [1.165, 1.54) is 12.1 Å². The molecule has 0 saturated heterocycles. The van der Waals surface area contributed by atoms with Crippen LogP contribution in [0.3, 0.4) is 0 Å². The summed E-state index contributed by atoms with van der Waals surface area (Å²) < 4.78 is 5.28. The number of rotatable bonds is 7. The molecule has 0 aliphatic carbocycles. The summed E-state index contributed by atoms with van der Waals surface area (Å²) in [6, 6.07) is 14.2. The summed E-state index contributed by atoms with van der Waals surface area (Å²) in [4.78, 5) is 23.1. The van der Waals surface area contributed by atoms with Crippen LogP contribution in [0.15, 0.2) is 53.6 Å². The van der Waals surface area contributed by atoms with Gasteiger partial charge in [0, 0.05) is 30.5 Å². The minimum atomic E-state index is -0.416. The van der Waals surface area contributed by atoms with Crippen molar-refractivity contribution in [2.24, 2.45) is 5.10 Å². The van der Waals surface area contributed by atoms with Gasteiger partial charge in [0.25, 0.3) is 5.69 Å². The van der Waals surface area contributed by atoms with Gasteiger partial charge in [-0.3, -0.25) is 14.9 Å². The second kappa shape index (κ2) is 8.43. The van der Waals surface area contributed by atoms with Crippen LogP contribution < -0.4 is 4.74 Å². The minimum absolute atomic E-state index is 0.0187. The van der Waals surface area contributed by atoms with Gasteiger partial charge in [-0.25, -0.2) is 5.01 Å². The Morgan fingerprint density at radius 1 is 1.24 bits per heavy atom. The molecule has 0 unspecified atom stereocenters. The van der Waals surface area contributed by atoms with Crippen LogP contribution in [0.2, 0.25) is 0 Å². The van der Waals surface area contributed by atoms with Gasteiger partial charge in [0.15, 0.2) is 0 Å². The Morgan fingerprint density at radius 3 is 2.62 bits per heavy atom. The molecule has 0 N–H and O–H groups in total. The number of nitrogens with zero attached hydrogens (tertiary/aromatic N) is 3. The molecule has 3 rings (SSSR count). The largest absolute Gasteiger partial charge is 0.497 e. The Hall–Kier alpha value is -3.22. The summed E-state index contributed by atoms with van der Waals surface area (Å²) >= 11 is 0. The van der Waals surface area contributed by atoms with Crippen LogP contribution in [0.25, 0.3) is 0 Å². The molecule has 29 heavy (non-hydrogen) atoms. The van der Waals surface area contributed by atoms with Gasteiger partial charge < -0.3 is 4.74 Å². The molecule has 7 heteroatoms. The maximum atomic E-state index is 12.8. The van der Waals surface area contributed by atoms with E-state index in [0.29, 0.717) is 25.7 Å². The number of nitro benzene ring substituents is 1. The molecule has 2 aromatic carbocycles. The highest BCUT2D eigenvalue weighted by atomic mass is 16.6. The first-order valence-electron chi connectivity index (χ1n) is 9.58. The van der Waals surface area contributed by atoms with E-state index >= 15 is 0 Å². The number of benzene rings is 2. The lowest BCUT2D eigenvalue weighted by molar-refractivity contribution is -0.384. The molecule has 1 aliphatic heterocycles. The van der Waals surface area contributed by atoms with Crippen LogP contribution >= 0.6 is 0 Å². The van der Waals surface area contributed by atoms with Crippen LogP contribution in [-0.4, -0.2) is 34.2 Å². The second-order valence-electron chi connectivity index (χ2n) is 7.75. The summed E-state index contributed by atoms with van der Waals surface area (Å²) in [6.45, 7) is 4.02. The number of amides is 1. The fraction of sp³-hybridized carbons (Fsp3) is 0.364. The lowest BCUT2D eigenvalue weighted by Gasteiger charge is -2.28. The zero-order chi connectivity index (χ0) is 21.0. The summed E-state index contributed by atoms with van der Waals surface area (Å²) in [5.74, 6) is 0.741. The third-order valence-corrected chi connectivity index (χ3v) is 5.04. The molecular formula is C22H25N3O4. The van der Waals surface area contributed by atoms with Crippen LogP contribution in [0, 0.1) is 10.1 Å². The molecule has 0 fully saturated rings. The third-order valence-electron chi connectivity index (χ3n) is 5.04. The minimum Gasteiger partial charge on any atom is -0.497 e. The normalized spacial score (nSPS) is 15.1. The number of ether oxygens (including phenoxy) is 1. The van der Waals surface area contributed by atoms with Crippen molar-refractivity contribution in [3.05, 3.63) is 69.8 Å². The Kier molecular flexibility index (Phi) is 5.96. The van der Waals surface area contributed by atoms with Crippen molar-refractivity contribution in [1.82, 2.24) is 5.01 Å². The molecule has 0 saturated carbocycles. The van der Waals surface area contributed by atoms with Gasteiger partial charge in [-0.05, 0) is 44.4 Å². The summed E-state index contributed by atoms with van der Waals surface area (Å²) in [6.07, 6.45) is 2.39. The number of methoxy groups -OCH3 is 1. The number of carbonyl (C=O) groups is 1. The monoisotopic (exact) mass is 395 g/mol. The number of aryl methyl sites for hydroxylation is 1. The lowest BCUT2D eigenvalue weighted by atomic mass is 9.94. The molecule has 0 spiro atoms. The van der Waals surface area contributed by atoms with E-state index in [1.54, 1.807) is 24.3 Å². The van der Waals surface area contributed by atoms with Gasteiger partial charge in [0.1, 0.15) is 5.75 Å². The zero-order valence-electron chi connectivity index (χ0n) is 16.9. The highest BCUT2D eigenvalue weighted by molar-refractivity contribution is 6.03. The number of non-ortho nitro benzene ring substituents is 1. The van der Waals surface area contributed by atoms with Crippen LogP contribution in [-0.2, 0) is 11.2 Å². The van der Waals surface area contributed by atoms with E-state index in [-0.39, 0.29) is 17.1 Å².